The third-order valence-corrected chi connectivity index (χ3v) is 3.65. The number of thiazole rings is 1. The van der Waals surface area contributed by atoms with E-state index < -0.39 is 0 Å². The molecule has 1 unspecified atom stereocenters. The van der Waals surface area contributed by atoms with E-state index in [9.17, 15) is 0 Å². The highest BCUT2D eigenvalue weighted by Crippen LogP contribution is 2.27. The van der Waals surface area contributed by atoms with E-state index >= 15 is 0 Å². The molecular formula is C13H17N3S. The van der Waals surface area contributed by atoms with Gasteiger partial charge in [0.2, 0.25) is 0 Å². The Bertz CT molecular complexity index is 499. The fourth-order valence-corrected chi connectivity index (χ4v) is 2.90. The largest absolute Gasteiger partial charge is 0.271 e. The molecule has 0 saturated carbocycles. The summed E-state index contributed by atoms with van der Waals surface area (Å²) in [5.41, 5.74) is 6.56. The van der Waals surface area contributed by atoms with Crippen LogP contribution in [0.4, 0.5) is 0 Å². The zero-order valence-electron chi connectivity index (χ0n) is 10.3. The van der Waals surface area contributed by atoms with Gasteiger partial charge in [-0.2, -0.15) is 0 Å². The van der Waals surface area contributed by atoms with Crippen molar-refractivity contribution in [2.24, 2.45) is 5.84 Å². The first kappa shape index (κ1) is 12.2. The molecule has 0 radical (unpaired) electrons. The van der Waals surface area contributed by atoms with Gasteiger partial charge >= 0.3 is 0 Å². The summed E-state index contributed by atoms with van der Waals surface area (Å²) in [5, 5.41) is 1.06. The van der Waals surface area contributed by atoms with Crippen LogP contribution in [0.3, 0.4) is 0 Å². The fourth-order valence-electron chi connectivity index (χ4n) is 2.03. The fraction of sp³-hybridized carbons (Fsp3) is 0.308. The van der Waals surface area contributed by atoms with Gasteiger partial charge < -0.3 is 0 Å². The van der Waals surface area contributed by atoms with Gasteiger partial charge in [-0.1, -0.05) is 29.3 Å². The minimum atomic E-state index is 0.0276. The topological polar surface area (TPSA) is 50.9 Å². The molecule has 0 saturated heterocycles. The first-order chi connectivity index (χ1) is 8.10. The molecule has 1 heterocycles. The molecule has 1 aromatic heterocycles. The van der Waals surface area contributed by atoms with Gasteiger partial charge in [0.1, 0.15) is 0 Å². The van der Waals surface area contributed by atoms with Gasteiger partial charge in [-0.05, 0) is 26.3 Å². The highest BCUT2D eigenvalue weighted by atomic mass is 32.1. The van der Waals surface area contributed by atoms with Crippen molar-refractivity contribution in [2.45, 2.75) is 26.8 Å². The second-order valence-corrected chi connectivity index (χ2v) is 5.57. The number of aromatic nitrogens is 1. The van der Waals surface area contributed by atoms with Crippen LogP contribution >= 0.6 is 11.3 Å². The zero-order valence-corrected chi connectivity index (χ0v) is 11.1. The van der Waals surface area contributed by atoms with Gasteiger partial charge in [0.25, 0.3) is 0 Å². The van der Waals surface area contributed by atoms with Crippen molar-refractivity contribution < 1.29 is 0 Å². The van der Waals surface area contributed by atoms with Crippen LogP contribution in [0.25, 0.3) is 0 Å². The Balaban J connectivity index is 2.41. The number of nitrogens with zero attached hydrogens (tertiary/aromatic N) is 1. The molecule has 1 aromatic carbocycles. The minimum Gasteiger partial charge on any atom is -0.271 e. The first-order valence-electron chi connectivity index (χ1n) is 5.57. The van der Waals surface area contributed by atoms with Crippen molar-refractivity contribution >= 4 is 11.3 Å². The molecule has 90 valence electrons. The van der Waals surface area contributed by atoms with Gasteiger partial charge in [-0.15, -0.1) is 11.3 Å². The molecule has 0 amide bonds. The molecule has 1 atom stereocenters. The Morgan fingerprint density at radius 3 is 2.29 bits per heavy atom. The van der Waals surface area contributed by atoms with Crippen molar-refractivity contribution in [1.29, 1.82) is 0 Å². The van der Waals surface area contributed by atoms with E-state index in [0.717, 1.165) is 9.88 Å². The summed E-state index contributed by atoms with van der Waals surface area (Å²) in [6, 6.07) is 6.51. The van der Waals surface area contributed by atoms with Gasteiger partial charge in [-0.25, -0.2) is 10.4 Å². The molecule has 17 heavy (non-hydrogen) atoms. The lowest BCUT2D eigenvalue weighted by molar-refractivity contribution is 0.644. The Hall–Kier alpha value is -1.23. The summed E-state index contributed by atoms with van der Waals surface area (Å²) in [7, 11) is 0. The number of hydrogen-bond donors (Lipinski definition) is 2. The zero-order chi connectivity index (χ0) is 12.4. The van der Waals surface area contributed by atoms with E-state index in [1.54, 1.807) is 11.3 Å². The molecule has 3 N–H and O–H groups in total. The van der Waals surface area contributed by atoms with Crippen molar-refractivity contribution in [3.05, 3.63) is 51.0 Å². The van der Waals surface area contributed by atoms with Crippen LogP contribution in [0.5, 0.6) is 0 Å². The van der Waals surface area contributed by atoms with E-state index in [0.29, 0.717) is 0 Å². The van der Waals surface area contributed by atoms with E-state index in [4.69, 9.17) is 5.84 Å². The third-order valence-electron chi connectivity index (χ3n) is 2.67. The Kier molecular flexibility index (Phi) is 3.57. The van der Waals surface area contributed by atoms with Crippen molar-refractivity contribution in [1.82, 2.24) is 10.4 Å². The molecule has 2 rings (SSSR count). The SMILES string of the molecule is Cc1cc(C)cc(C(NN)c2cnc(C)s2)c1. The average molecular weight is 247 g/mol. The molecule has 0 aliphatic heterocycles. The lowest BCUT2D eigenvalue weighted by Crippen LogP contribution is -2.28. The summed E-state index contributed by atoms with van der Waals surface area (Å²) in [4.78, 5) is 5.43. The number of hydrogen-bond acceptors (Lipinski definition) is 4. The van der Waals surface area contributed by atoms with Crippen LogP contribution in [-0.2, 0) is 0 Å². The number of aryl methyl sites for hydroxylation is 3. The molecule has 0 spiro atoms. The second kappa shape index (κ2) is 4.96. The van der Waals surface area contributed by atoms with Crippen LogP contribution < -0.4 is 11.3 Å². The van der Waals surface area contributed by atoms with Crippen LogP contribution in [0, 0.1) is 20.8 Å². The summed E-state index contributed by atoms with van der Waals surface area (Å²) in [6.07, 6.45) is 1.89. The average Bonchev–Trinajstić information content (AvgIpc) is 2.64. The smallest absolute Gasteiger partial charge is 0.0897 e. The van der Waals surface area contributed by atoms with Crippen LogP contribution in [0.15, 0.2) is 24.4 Å². The van der Waals surface area contributed by atoms with Gasteiger partial charge in [0.05, 0.1) is 11.0 Å². The molecule has 0 aliphatic carbocycles. The van der Waals surface area contributed by atoms with E-state index in [1.165, 1.54) is 16.7 Å². The Morgan fingerprint density at radius 1 is 1.18 bits per heavy atom. The van der Waals surface area contributed by atoms with Gasteiger partial charge in [0.15, 0.2) is 0 Å². The number of hydrazine groups is 1. The van der Waals surface area contributed by atoms with E-state index in [1.807, 2.05) is 13.1 Å². The highest BCUT2D eigenvalue weighted by Gasteiger charge is 2.15. The quantitative estimate of drug-likeness (QED) is 0.647. The van der Waals surface area contributed by atoms with Crippen molar-refractivity contribution in [3.8, 4) is 0 Å². The molecule has 0 bridgehead atoms. The van der Waals surface area contributed by atoms with Crippen molar-refractivity contribution in [3.63, 3.8) is 0 Å². The molecule has 0 aliphatic rings. The maximum atomic E-state index is 5.68. The summed E-state index contributed by atoms with van der Waals surface area (Å²) in [6.45, 7) is 6.20. The molecule has 3 nitrogen and oxygen atoms in total. The van der Waals surface area contributed by atoms with Gasteiger partial charge in [-0.3, -0.25) is 5.84 Å². The third kappa shape index (κ3) is 2.72. The summed E-state index contributed by atoms with van der Waals surface area (Å²) >= 11 is 1.67. The monoisotopic (exact) mass is 247 g/mol. The molecular weight excluding hydrogens is 230 g/mol. The molecule has 2 aromatic rings. The lowest BCUT2D eigenvalue weighted by Gasteiger charge is -2.15. The van der Waals surface area contributed by atoms with Crippen LogP contribution in [-0.4, -0.2) is 4.98 Å². The number of nitrogens with one attached hydrogen (secondary N) is 1. The van der Waals surface area contributed by atoms with Crippen molar-refractivity contribution in [2.75, 3.05) is 0 Å². The summed E-state index contributed by atoms with van der Waals surface area (Å²) in [5.74, 6) is 5.68. The van der Waals surface area contributed by atoms with Crippen LogP contribution in [0.1, 0.15) is 32.6 Å². The van der Waals surface area contributed by atoms with Gasteiger partial charge in [0, 0.05) is 11.1 Å². The Morgan fingerprint density at radius 2 is 1.82 bits per heavy atom. The number of rotatable bonds is 3. The Labute approximate surface area is 106 Å². The molecule has 4 heteroatoms. The number of nitrogens with two attached hydrogens (primary N) is 1. The highest BCUT2D eigenvalue weighted by molar-refractivity contribution is 7.11. The first-order valence-corrected chi connectivity index (χ1v) is 6.38. The predicted molar refractivity (Wildman–Crippen MR) is 71.9 cm³/mol. The van der Waals surface area contributed by atoms with E-state index in [2.05, 4.69) is 42.5 Å². The minimum absolute atomic E-state index is 0.0276. The lowest BCUT2D eigenvalue weighted by atomic mass is 10.0. The normalized spacial score (nSPS) is 12.7. The maximum absolute atomic E-state index is 5.68. The van der Waals surface area contributed by atoms with Crippen LogP contribution in [0.2, 0.25) is 0 Å². The standard InChI is InChI=1S/C13H17N3S/c1-8-4-9(2)6-11(5-8)13(16-14)12-7-15-10(3)17-12/h4-7,13,16H,14H2,1-3H3. The maximum Gasteiger partial charge on any atom is 0.0897 e. The predicted octanol–water partition coefficient (Wildman–Crippen LogP) is 2.62. The second-order valence-electron chi connectivity index (χ2n) is 4.30. The summed E-state index contributed by atoms with van der Waals surface area (Å²) < 4.78 is 0. The number of benzene rings is 1. The van der Waals surface area contributed by atoms with E-state index in [-0.39, 0.29) is 6.04 Å². The molecule has 0 fully saturated rings.